The highest BCUT2D eigenvalue weighted by Crippen LogP contribution is 2.24. The Morgan fingerprint density at radius 3 is 2.88 bits per heavy atom. The molecule has 1 atom stereocenters. The maximum atomic E-state index is 10.1. The van der Waals surface area contributed by atoms with Crippen LogP contribution in [-0.4, -0.2) is 40.4 Å². The van der Waals surface area contributed by atoms with Gasteiger partial charge in [0, 0.05) is 18.0 Å². The molecule has 1 aromatic heterocycles. The van der Waals surface area contributed by atoms with Crippen LogP contribution in [0.25, 0.3) is 0 Å². The number of nitrogens with zero attached hydrogens (tertiary/aromatic N) is 1. The molecule has 0 unspecified atom stereocenters. The Labute approximate surface area is 107 Å². The van der Waals surface area contributed by atoms with Gasteiger partial charge in [0.2, 0.25) is 0 Å². The Bertz CT molecular complexity index is 366. The van der Waals surface area contributed by atoms with E-state index in [9.17, 15) is 10.2 Å². The van der Waals surface area contributed by atoms with Crippen molar-refractivity contribution in [3.05, 3.63) is 21.9 Å². The number of aliphatic hydroxyl groups is 2. The average molecular weight is 255 g/mol. The summed E-state index contributed by atoms with van der Waals surface area (Å²) in [5.41, 5.74) is 0.510. The highest BCUT2D eigenvalue weighted by molar-refractivity contribution is 7.10. The van der Waals surface area contributed by atoms with Crippen molar-refractivity contribution in [2.45, 2.75) is 38.3 Å². The van der Waals surface area contributed by atoms with Gasteiger partial charge in [-0.25, -0.2) is 0 Å². The van der Waals surface area contributed by atoms with Gasteiger partial charge >= 0.3 is 0 Å². The number of thiophene rings is 1. The summed E-state index contributed by atoms with van der Waals surface area (Å²) in [6.45, 7) is 4.89. The van der Waals surface area contributed by atoms with Crippen LogP contribution < -0.4 is 0 Å². The summed E-state index contributed by atoms with van der Waals surface area (Å²) < 4.78 is 0. The third-order valence-corrected chi connectivity index (χ3v) is 4.65. The SMILES string of the molecule is Cc1ccsc1CN1CCC[C@](O)(CO)CC1. The standard InChI is InChI=1S/C13H21NO2S/c1-11-3-8-17-12(11)9-14-6-2-4-13(16,10-15)5-7-14/h3,8,15-16H,2,4-7,9-10H2,1H3/t13-/m1/s1. The molecule has 1 fully saturated rings. The molecule has 0 aliphatic carbocycles. The number of aliphatic hydroxyl groups excluding tert-OH is 1. The lowest BCUT2D eigenvalue weighted by molar-refractivity contribution is -0.0255. The topological polar surface area (TPSA) is 43.7 Å². The number of hydrogen-bond donors (Lipinski definition) is 2. The molecule has 0 spiro atoms. The van der Waals surface area contributed by atoms with E-state index in [4.69, 9.17) is 0 Å². The summed E-state index contributed by atoms with van der Waals surface area (Å²) >= 11 is 1.80. The second kappa shape index (κ2) is 5.48. The zero-order chi connectivity index (χ0) is 12.3. The van der Waals surface area contributed by atoms with E-state index < -0.39 is 5.60 Å². The van der Waals surface area contributed by atoms with Gasteiger partial charge in [0.25, 0.3) is 0 Å². The van der Waals surface area contributed by atoms with E-state index in [-0.39, 0.29) is 6.61 Å². The van der Waals surface area contributed by atoms with E-state index in [1.165, 1.54) is 10.4 Å². The summed E-state index contributed by atoms with van der Waals surface area (Å²) in [6.07, 6.45) is 2.35. The highest BCUT2D eigenvalue weighted by atomic mass is 32.1. The summed E-state index contributed by atoms with van der Waals surface area (Å²) in [7, 11) is 0. The van der Waals surface area contributed by atoms with Crippen LogP contribution in [0.4, 0.5) is 0 Å². The molecule has 0 bridgehead atoms. The molecule has 1 aliphatic heterocycles. The van der Waals surface area contributed by atoms with Crippen LogP contribution in [0.3, 0.4) is 0 Å². The van der Waals surface area contributed by atoms with Crippen LogP contribution in [0.2, 0.25) is 0 Å². The van der Waals surface area contributed by atoms with Gasteiger partial charge in [0.15, 0.2) is 0 Å². The summed E-state index contributed by atoms with van der Waals surface area (Å²) in [6, 6.07) is 2.15. The number of hydrogen-bond acceptors (Lipinski definition) is 4. The molecule has 2 rings (SSSR count). The van der Waals surface area contributed by atoms with E-state index >= 15 is 0 Å². The lowest BCUT2D eigenvalue weighted by Crippen LogP contribution is -2.34. The van der Waals surface area contributed by atoms with Gasteiger partial charge in [-0.05, 0) is 49.7 Å². The summed E-state index contributed by atoms with van der Waals surface area (Å²) in [4.78, 5) is 3.80. The van der Waals surface area contributed by atoms with E-state index in [2.05, 4.69) is 23.3 Å². The predicted molar refractivity (Wildman–Crippen MR) is 70.2 cm³/mol. The largest absolute Gasteiger partial charge is 0.393 e. The van der Waals surface area contributed by atoms with Gasteiger partial charge in [-0.1, -0.05) is 0 Å². The maximum absolute atomic E-state index is 10.1. The Hall–Kier alpha value is -0.420. The van der Waals surface area contributed by atoms with Crippen molar-refractivity contribution in [1.82, 2.24) is 4.90 Å². The fourth-order valence-corrected chi connectivity index (χ4v) is 3.27. The summed E-state index contributed by atoms with van der Waals surface area (Å²) in [5, 5.41) is 21.4. The lowest BCUT2D eigenvalue weighted by Gasteiger charge is -2.24. The van der Waals surface area contributed by atoms with Crippen molar-refractivity contribution >= 4 is 11.3 Å². The Morgan fingerprint density at radius 2 is 2.24 bits per heavy atom. The van der Waals surface area contributed by atoms with Gasteiger partial charge in [-0.2, -0.15) is 0 Å². The van der Waals surface area contributed by atoms with E-state index in [1.807, 2.05) is 0 Å². The van der Waals surface area contributed by atoms with Gasteiger partial charge in [-0.3, -0.25) is 4.90 Å². The maximum Gasteiger partial charge on any atom is 0.0890 e. The van der Waals surface area contributed by atoms with Crippen molar-refractivity contribution in [2.75, 3.05) is 19.7 Å². The molecule has 17 heavy (non-hydrogen) atoms. The zero-order valence-corrected chi connectivity index (χ0v) is 11.2. The van der Waals surface area contributed by atoms with Gasteiger partial charge in [-0.15, -0.1) is 11.3 Å². The first-order chi connectivity index (χ1) is 8.13. The van der Waals surface area contributed by atoms with Crippen LogP contribution in [0, 0.1) is 6.92 Å². The first kappa shape index (κ1) is 13.0. The van der Waals surface area contributed by atoms with Crippen molar-refractivity contribution in [1.29, 1.82) is 0 Å². The van der Waals surface area contributed by atoms with Crippen molar-refractivity contribution in [3.8, 4) is 0 Å². The summed E-state index contributed by atoms with van der Waals surface area (Å²) in [5.74, 6) is 0. The molecule has 4 heteroatoms. The Kier molecular flexibility index (Phi) is 4.20. The van der Waals surface area contributed by atoms with E-state index in [0.29, 0.717) is 12.8 Å². The molecule has 2 N–H and O–H groups in total. The smallest absolute Gasteiger partial charge is 0.0890 e. The first-order valence-corrected chi connectivity index (χ1v) is 7.09. The van der Waals surface area contributed by atoms with E-state index in [0.717, 1.165) is 26.1 Å². The predicted octanol–water partition coefficient (Wildman–Crippen LogP) is 1.77. The molecule has 3 nitrogen and oxygen atoms in total. The quantitative estimate of drug-likeness (QED) is 0.865. The van der Waals surface area contributed by atoms with Gasteiger partial charge in [0.05, 0.1) is 12.2 Å². The second-order valence-corrected chi connectivity index (χ2v) is 6.04. The molecule has 0 amide bonds. The molecule has 96 valence electrons. The molecule has 1 saturated heterocycles. The number of likely N-dealkylation sites (tertiary alicyclic amines) is 1. The molecular formula is C13H21NO2S. The molecule has 2 heterocycles. The van der Waals surface area contributed by atoms with Gasteiger partial charge in [0.1, 0.15) is 0 Å². The second-order valence-electron chi connectivity index (χ2n) is 5.04. The van der Waals surface area contributed by atoms with Crippen LogP contribution in [0.15, 0.2) is 11.4 Å². The van der Waals surface area contributed by atoms with Gasteiger partial charge < -0.3 is 10.2 Å². The molecule has 1 aliphatic rings. The Morgan fingerprint density at radius 1 is 1.41 bits per heavy atom. The fourth-order valence-electron chi connectivity index (χ4n) is 2.32. The molecular weight excluding hydrogens is 234 g/mol. The van der Waals surface area contributed by atoms with Crippen molar-refractivity contribution in [2.24, 2.45) is 0 Å². The lowest BCUT2D eigenvalue weighted by atomic mass is 9.96. The average Bonchev–Trinajstić information content (AvgIpc) is 2.61. The number of rotatable bonds is 3. The monoisotopic (exact) mass is 255 g/mol. The molecule has 0 radical (unpaired) electrons. The van der Waals surface area contributed by atoms with Crippen molar-refractivity contribution < 1.29 is 10.2 Å². The third kappa shape index (κ3) is 3.28. The van der Waals surface area contributed by atoms with Crippen molar-refractivity contribution in [3.63, 3.8) is 0 Å². The van der Waals surface area contributed by atoms with Crippen LogP contribution in [0.5, 0.6) is 0 Å². The normalized spacial score (nSPS) is 27.0. The Balaban J connectivity index is 1.93. The van der Waals surface area contributed by atoms with E-state index in [1.54, 1.807) is 11.3 Å². The number of aryl methyl sites for hydroxylation is 1. The zero-order valence-electron chi connectivity index (χ0n) is 10.4. The third-order valence-electron chi connectivity index (χ3n) is 3.64. The highest BCUT2D eigenvalue weighted by Gasteiger charge is 2.29. The minimum Gasteiger partial charge on any atom is -0.393 e. The van der Waals surface area contributed by atoms with Crippen LogP contribution in [0.1, 0.15) is 29.7 Å². The molecule has 0 saturated carbocycles. The van der Waals surface area contributed by atoms with Crippen LogP contribution in [-0.2, 0) is 6.54 Å². The minimum absolute atomic E-state index is 0.112. The molecule has 1 aromatic rings. The van der Waals surface area contributed by atoms with Crippen LogP contribution >= 0.6 is 11.3 Å². The first-order valence-electron chi connectivity index (χ1n) is 6.21. The minimum atomic E-state index is -0.848. The molecule has 0 aromatic carbocycles. The fraction of sp³-hybridized carbons (Fsp3) is 0.692.